The van der Waals surface area contributed by atoms with Gasteiger partial charge in [0.05, 0.1) is 0 Å². The second kappa shape index (κ2) is 10.5. The Bertz CT molecular complexity index is 1310. The highest BCUT2D eigenvalue weighted by Crippen LogP contribution is 2.37. The second-order valence-electron chi connectivity index (χ2n) is 9.41. The van der Waals surface area contributed by atoms with E-state index in [1.807, 2.05) is 18.2 Å². The molecule has 2 aliphatic rings. The maximum absolute atomic E-state index is 12.2. The third kappa shape index (κ3) is 4.96. The van der Waals surface area contributed by atoms with Gasteiger partial charge in [-0.2, -0.15) is 0 Å². The minimum atomic E-state index is -0.567. The van der Waals surface area contributed by atoms with E-state index in [0.717, 1.165) is 36.9 Å². The van der Waals surface area contributed by atoms with Gasteiger partial charge in [-0.05, 0) is 53.7 Å². The summed E-state index contributed by atoms with van der Waals surface area (Å²) in [6, 6.07) is 14.6. The minimum Gasteiger partial charge on any atom is -0.361 e. The van der Waals surface area contributed by atoms with E-state index >= 15 is 0 Å². The SMILES string of the molecule is O=C(/C=C/c1ccc2c(c1)CCC2N(CCc1c[nH]c2ccccc12)CCN1C(=O)CCC1=O)NO. The molecule has 0 saturated carbocycles. The summed E-state index contributed by atoms with van der Waals surface area (Å²) in [7, 11) is 0. The van der Waals surface area contributed by atoms with Crippen LogP contribution in [-0.2, 0) is 27.2 Å². The van der Waals surface area contributed by atoms with E-state index in [0.29, 0.717) is 25.9 Å². The molecule has 5 rings (SSSR count). The molecule has 0 bridgehead atoms. The predicted octanol–water partition coefficient (Wildman–Crippen LogP) is 3.37. The van der Waals surface area contributed by atoms with Gasteiger partial charge in [-0.15, -0.1) is 0 Å². The molecule has 1 aromatic heterocycles. The molecule has 1 saturated heterocycles. The fourth-order valence-electron chi connectivity index (χ4n) is 5.43. The molecule has 36 heavy (non-hydrogen) atoms. The van der Waals surface area contributed by atoms with Crippen LogP contribution in [0.3, 0.4) is 0 Å². The summed E-state index contributed by atoms with van der Waals surface area (Å²) in [5.74, 6) is -0.721. The number of para-hydroxylation sites is 1. The first-order chi connectivity index (χ1) is 17.5. The molecule has 3 aromatic rings. The molecule has 3 N–H and O–H groups in total. The van der Waals surface area contributed by atoms with Crippen molar-refractivity contribution in [1.82, 2.24) is 20.3 Å². The maximum atomic E-state index is 12.2. The summed E-state index contributed by atoms with van der Waals surface area (Å²) in [4.78, 5) is 42.9. The summed E-state index contributed by atoms with van der Waals surface area (Å²) in [5.41, 5.74) is 7.36. The van der Waals surface area contributed by atoms with E-state index in [1.54, 1.807) is 11.6 Å². The Morgan fingerprint density at radius 3 is 2.72 bits per heavy atom. The van der Waals surface area contributed by atoms with Crippen molar-refractivity contribution in [3.8, 4) is 0 Å². The number of aromatic nitrogens is 1. The lowest BCUT2D eigenvalue weighted by Gasteiger charge is -2.31. The second-order valence-corrected chi connectivity index (χ2v) is 9.41. The van der Waals surface area contributed by atoms with Crippen LogP contribution in [-0.4, -0.2) is 57.3 Å². The Balaban J connectivity index is 1.35. The molecule has 2 aromatic carbocycles. The number of benzene rings is 2. The summed E-state index contributed by atoms with van der Waals surface area (Å²) < 4.78 is 0. The number of hydroxylamine groups is 1. The number of imide groups is 1. The molecule has 8 nitrogen and oxygen atoms in total. The minimum absolute atomic E-state index is 0.0771. The van der Waals surface area contributed by atoms with E-state index < -0.39 is 5.91 Å². The predicted molar refractivity (Wildman–Crippen MR) is 136 cm³/mol. The lowest BCUT2D eigenvalue weighted by Crippen LogP contribution is -2.40. The van der Waals surface area contributed by atoms with Crippen LogP contribution < -0.4 is 5.48 Å². The van der Waals surface area contributed by atoms with E-state index in [-0.39, 0.29) is 17.9 Å². The average molecular weight is 487 g/mol. The van der Waals surface area contributed by atoms with E-state index in [1.165, 1.54) is 33.1 Å². The van der Waals surface area contributed by atoms with Crippen molar-refractivity contribution in [3.05, 3.63) is 77.0 Å². The zero-order chi connectivity index (χ0) is 25.1. The van der Waals surface area contributed by atoms with Gasteiger partial charge in [0, 0.05) is 61.7 Å². The number of aryl methyl sites for hydroxylation is 1. The number of hydrogen-bond donors (Lipinski definition) is 3. The number of rotatable bonds is 9. The maximum Gasteiger partial charge on any atom is 0.267 e. The quantitative estimate of drug-likeness (QED) is 0.186. The van der Waals surface area contributed by atoms with Gasteiger partial charge >= 0.3 is 0 Å². The lowest BCUT2D eigenvalue weighted by molar-refractivity contribution is -0.138. The Morgan fingerprint density at radius 1 is 1.11 bits per heavy atom. The number of aromatic amines is 1. The monoisotopic (exact) mass is 486 g/mol. The van der Waals surface area contributed by atoms with Gasteiger partial charge in [-0.3, -0.25) is 29.4 Å². The molecule has 1 unspecified atom stereocenters. The zero-order valence-corrected chi connectivity index (χ0v) is 20.1. The average Bonchev–Trinajstić information content (AvgIpc) is 3.60. The topological polar surface area (TPSA) is 106 Å². The van der Waals surface area contributed by atoms with Crippen molar-refractivity contribution in [2.24, 2.45) is 0 Å². The normalized spacial score (nSPS) is 17.6. The largest absolute Gasteiger partial charge is 0.361 e. The Labute approximate surface area is 209 Å². The van der Waals surface area contributed by atoms with Gasteiger partial charge in [0.2, 0.25) is 11.8 Å². The Kier molecular flexibility index (Phi) is 6.97. The fourth-order valence-corrected chi connectivity index (χ4v) is 5.43. The molecule has 1 aliphatic carbocycles. The van der Waals surface area contributed by atoms with Crippen LogP contribution in [0.25, 0.3) is 17.0 Å². The third-order valence-corrected chi connectivity index (χ3v) is 7.30. The number of nitrogens with one attached hydrogen (secondary N) is 2. The van der Waals surface area contributed by atoms with Crippen molar-refractivity contribution < 1.29 is 19.6 Å². The van der Waals surface area contributed by atoms with Gasteiger partial charge in [-0.25, -0.2) is 5.48 Å². The molecule has 0 radical (unpaired) electrons. The Hall–Kier alpha value is -3.75. The van der Waals surface area contributed by atoms with E-state index in [2.05, 4.69) is 40.3 Å². The van der Waals surface area contributed by atoms with Crippen LogP contribution in [0.2, 0.25) is 0 Å². The van der Waals surface area contributed by atoms with Crippen LogP contribution in [0.1, 0.15) is 47.6 Å². The molecule has 8 heteroatoms. The molecule has 186 valence electrons. The van der Waals surface area contributed by atoms with Crippen molar-refractivity contribution in [1.29, 1.82) is 0 Å². The van der Waals surface area contributed by atoms with Gasteiger partial charge in [-0.1, -0.05) is 36.4 Å². The smallest absolute Gasteiger partial charge is 0.267 e. The molecular formula is C28H30N4O4. The van der Waals surface area contributed by atoms with Crippen LogP contribution in [0, 0.1) is 0 Å². The summed E-state index contributed by atoms with van der Waals surface area (Å²) in [6.07, 6.45) is 8.39. The molecular weight excluding hydrogens is 456 g/mol. The van der Waals surface area contributed by atoms with Crippen LogP contribution in [0.4, 0.5) is 0 Å². The number of fused-ring (bicyclic) bond motifs is 2. The number of hydrogen-bond acceptors (Lipinski definition) is 5. The lowest BCUT2D eigenvalue weighted by atomic mass is 10.0. The first-order valence-electron chi connectivity index (χ1n) is 12.4. The standard InChI is InChI=1S/C28H30N4O4/c33-26(30-36)10-6-19-5-8-23-20(17-19)7-9-25(23)31(15-16-32-27(34)11-12-28(32)35)14-13-21-18-29-24-4-2-1-3-22(21)24/h1-6,8,10,17-18,25,29,36H,7,9,11-16H2,(H,30,33)/b10-6+. The molecule has 1 aliphatic heterocycles. The summed E-state index contributed by atoms with van der Waals surface area (Å²) in [6.45, 7) is 1.84. The van der Waals surface area contributed by atoms with E-state index in [9.17, 15) is 14.4 Å². The van der Waals surface area contributed by atoms with Crippen molar-refractivity contribution in [2.75, 3.05) is 19.6 Å². The van der Waals surface area contributed by atoms with Crippen LogP contribution in [0.15, 0.2) is 54.7 Å². The molecule has 1 fully saturated rings. The number of nitrogens with zero attached hydrogens (tertiary/aromatic N) is 2. The third-order valence-electron chi connectivity index (χ3n) is 7.30. The summed E-state index contributed by atoms with van der Waals surface area (Å²) in [5, 5.41) is 9.92. The van der Waals surface area contributed by atoms with Crippen molar-refractivity contribution in [2.45, 2.75) is 38.1 Å². The number of carbonyl (C=O) groups excluding carboxylic acids is 3. The molecule has 1 atom stereocenters. The summed E-state index contributed by atoms with van der Waals surface area (Å²) >= 11 is 0. The van der Waals surface area contributed by atoms with Crippen molar-refractivity contribution in [3.63, 3.8) is 0 Å². The van der Waals surface area contributed by atoms with Crippen LogP contribution in [0.5, 0.6) is 0 Å². The number of carbonyl (C=O) groups is 3. The van der Waals surface area contributed by atoms with Gasteiger partial charge in [0.25, 0.3) is 5.91 Å². The van der Waals surface area contributed by atoms with Crippen LogP contribution >= 0.6 is 0 Å². The first kappa shape index (κ1) is 24.0. The molecule has 3 amide bonds. The zero-order valence-electron chi connectivity index (χ0n) is 20.1. The fraction of sp³-hybridized carbons (Fsp3) is 0.321. The number of amides is 3. The van der Waals surface area contributed by atoms with Crippen molar-refractivity contribution >= 4 is 34.7 Å². The van der Waals surface area contributed by atoms with E-state index in [4.69, 9.17) is 5.21 Å². The highest BCUT2D eigenvalue weighted by atomic mass is 16.5. The highest BCUT2D eigenvalue weighted by Gasteiger charge is 2.32. The Morgan fingerprint density at radius 2 is 1.92 bits per heavy atom. The van der Waals surface area contributed by atoms with Gasteiger partial charge in [0.15, 0.2) is 0 Å². The van der Waals surface area contributed by atoms with Gasteiger partial charge in [0.1, 0.15) is 0 Å². The number of likely N-dealkylation sites (tertiary alicyclic amines) is 1. The number of H-pyrrole nitrogens is 1. The van der Waals surface area contributed by atoms with Gasteiger partial charge < -0.3 is 4.98 Å². The molecule has 2 heterocycles. The highest BCUT2D eigenvalue weighted by molar-refractivity contribution is 6.01. The molecule has 0 spiro atoms. The first-order valence-corrected chi connectivity index (χ1v) is 12.4.